The molecule has 0 atom stereocenters. The fraction of sp³-hybridized carbons (Fsp3) is 0.133. The van der Waals surface area contributed by atoms with Gasteiger partial charge in [-0.3, -0.25) is 0 Å². The summed E-state index contributed by atoms with van der Waals surface area (Å²) in [6.45, 7) is 0.487. The van der Waals surface area contributed by atoms with Gasteiger partial charge in [0.05, 0.1) is 18.7 Å². The van der Waals surface area contributed by atoms with Crippen LogP contribution in [0.3, 0.4) is 0 Å². The predicted molar refractivity (Wildman–Crippen MR) is 74.1 cm³/mol. The van der Waals surface area contributed by atoms with Crippen molar-refractivity contribution >= 4 is 16.8 Å². The second-order valence-electron chi connectivity index (χ2n) is 4.21. The maximum atomic E-state index is 5.80. The monoisotopic (exact) mass is 254 g/mol. The molecule has 0 aliphatic carbocycles. The predicted octanol–water partition coefficient (Wildman–Crippen LogP) is 3.03. The van der Waals surface area contributed by atoms with Crippen molar-refractivity contribution in [2.45, 2.75) is 6.42 Å². The first-order chi connectivity index (χ1) is 9.33. The van der Waals surface area contributed by atoms with Crippen LogP contribution >= 0.6 is 0 Å². The molecule has 0 saturated carbocycles. The molecule has 19 heavy (non-hydrogen) atoms. The van der Waals surface area contributed by atoms with Gasteiger partial charge < -0.3 is 14.9 Å². The minimum absolute atomic E-state index is 0.487. The van der Waals surface area contributed by atoms with Gasteiger partial charge in [0.25, 0.3) is 0 Å². The minimum atomic E-state index is 0.487. The molecule has 96 valence electrons. The first-order valence-electron chi connectivity index (χ1n) is 6.15. The summed E-state index contributed by atoms with van der Waals surface area (Å²) in [5.41, 5.74) is 8.11. The molecule has 0 aliphatic heterocycles. The Labute approximate surface area is 110 Å². The number of nitrogen functional groups attached to an aromatic ring is 1. The van der Waals surface area contributed by atoms with Crippen molar-refractivity contribution in [3.05, 3.63) is 54.4 Å². The molecule has 0 amide bonds. The van der Waals surface area contributed by atoms with Crippen molar-refractivity contribution in [1.29, 1.82) is 0 Å². The molecular weight excluding hydrogens is 240 g/mol. The molecule has 2 aromatic carbocycles. The topological polar surface area (TPSA) is 61.3 Å². The number of fused-ring (bicyclic) bond motifs is 1. The number of aromatic nitrogens is 1. The molecule has 1 heterocycles. The van der Waals surface area contributed by atoms with Crippen molar-refractivity contribution in [2.24, 2.45) is 0 Å². The number of hydrogen-bond acceptors (Lipinski definition) is 4. The highest BCUT2D eigenvalue weighted by molar-refractivity contribution is 5.72. The molecule has 0 spiro atoms. The van der Waals surface area contributed by atoms with Gasteiger partial charge in [0.1, 0.15) is 11.3 Å². The smallest absolute Gasteiger partial charge is 0.198 e. The standard InChI is InChI=1S/C15H14N2O2/c16-11-5-1-3-7-13(11)18-10-9-15-17-12-6-2-4-8-14(12)19-15/h1-8H,9-10,16H2. The van der Waals surface area contributed by atoms with Crippen molar-refractivity contribution in [2.75, 3.05) is 12.3 Å². The number of rotatable bonds is 4. The summed E-state index contributed by atoms with van der Waals surface area (Å²) >= 11 is 0. The van der Waals surface area contributed by atoms with Gasteiger partial charge in [-0.05, 0) is 24.3 Å². The van der Waals surface area contributed by atoms with Crippen LogP contribution in [0.1, 0.15) is 5.89 Å². The third kappa shape index (κ3) is 2.52. The molecule has 0 fully saturated rings. The number of anilines is 1. The fourth-order valence-electron chi connectivity index (χ4n) is 1.89. The Bertz CT molecular complexity index is 658. The lowest BCUT2D eigenvalue weighted by molar-refractivity contribution is 0.310. The van der Waals surface area contributed by atoms with E-state index in [1.54, 1.807) is 0 Å². The van der Waals surface area contributed by atoms with Crippen molar-refractivity contribution in [3.8, 4) is 5.75 Å². The second-order valence-corrected chi connectivity index (χ2v) is 4.21. The van der Waals surface area contributed by atoms with Crippen LogP contribution in [0.5, 0.6) is 5.75 Å². The molecule has 0 unspecified atom stereocenters. The van der Waals surface area contributed by atoms with E-state index in [0.717, 1.165) is 11.1 Å². The number of ether oxygens (including phenoxy) is 1. The molecule has 0 saturated heterocycles. The third-order valence-electron chi connectivity index (χ3n) is 2.83. The van der Waals surface area contributed by atoms with Crippen LogP contribution in [0.2, 0.25) is 0 Å². The maximum Gasteiger partial charge on any atom is 0.198 e. The zero-order chi connectivity index (χ0) is 13.1. The van der Waals surface area contributed by atoms with Crippen LogP contribution < -0.4 is 10.5 Å². The maximum absolute atomic E-state index is 5.80. The van der Waals surface area contributed by atoms with E-state index in [2.05, 4.69) is 4.98 Å². The summed E-state index contributed by atoms with van der Waals surface area (Å²) in [6.07, 6.45) is 0.614. The van der Waals surface area contributed by atoms with Crippen LogP contribution in [0, 0.1) is 0 Å². The van der Waals surface area contributed by atoms with Gasteiger partial charge in [0.15, 0.2) is 11.5 Å². The number of benzene rings is 2. The Morgan fingerprint density at radius 1 is 1.05 bits per heavy atom. The minimum Gasteiger partial charge on any atom is -0.491 e. The molecule has 2 N–H and O–H groups in total. The van der Waals surface area contributed by atoms with Crippen molar-refractivity contribution in [1.82, 2.24) is 4.98 Å². The summed E-state index contributed by atoms with van der Waals surface area (Å²) in [6, 6.07) is 15.1. The van der Waals surface area contributed by atoms with Gasteiger partial charge in [-0.1, -0.05) is 24.3 Å². The summed E-state index contributed by atoms with van der Waals surface area (Å²) in [4.78, 5) is 4.39. The van der Waals surface area contributed by atoms with Crippen LogP contribution in [0.15, 0.2) is 52.9 Å². The van der Waals surface area contributed by atoms with Crippen molar-refractivity contribution < 1.29 is 9.15 Å². The Morgan fingerprint density at radius 2 is 1.84 bits per heavy atom. The lowest BCUT2D eigenvalue weighted by Crippen LogP contribution is -2.03. The first-order valence-corrected chi connectivity index (χ1v) is 6.15. The van der Waals surface area contributed by atoms with Crippen LogP contribution in [0.25, 0.3) is 11.1 Å². The molecule has 0 radical (unpaired) electrons. The molecule has 1 aromatic heterocycles. The van der Waals surface area contributed by atoms with Gasteiger partial charge in [-0.2, -0.15) is 0 Å². The van der Waals surface area contributed by atoms with E-state index >= 15 is 0 Å². The molecule has 4 heteroatoms. The highest BCUT2D eigenvalue weighted by Gasteiger charge is 2.05. The van der Waals surface area contributed by atoms with E-state index in [9.17, 15) is 0 Å². The average molecular weight is 254 g/mol. The van der Waals surface area contributed by atoms with Crippen molar-refractivity contribution in [3.63, 3.8) is 0 Å². The Balaban J connectivity index is 1.65. The summed E-state index contributed by atoms with van der Waals surface area (Å²) in [5.74, 6) is 1.37. The zero-order valence-electron chi connectivity index (χ0n) is 10.4. The Morgan fingerprint density at radius 3 is 2.68 bits per heavy atom. The van der Waals surface area contributed by atoms with E-state index in [0.29, 0.717) is 30.4 Å². The van der Waals surface area contributed by atoms with Crippen LogP contribution in [0.4, 0.5) is 5.69 Å². The Hall–Kier alpha value is -2.49. The molecule has 4 nitrogen and oxygen atoms in total. The van der Waals surface area contributed by atoms with Crippen LogP contribution in [-0.4, -0.2) is 11.6 Å². The third-order valence-corrected chi connectivity index (χ3v) is 2.83. The highest BCUT2D eigenvalue weighted by Crippen LogP contribution is 2.20. The van der Waals surface area contributed by atoms with E-state index in [1.165, 1.54) is 0 Å². The quantitative estimate of drug-likeness (QED) is 0.727. The normalized spacial score (nSPS) is 10.7. The van der Waals surface area contributed by atoms with Gasteiger partial charge in [0.2, 0.25) is 0 Å². The van der Waals surface area contributed by atoms with E-state index < -0.39 is 0 Å². The lowest BCUT2D eigenvalue weighted by atomic mass is 10.3. The summed E-state index contributed by atoms with van der Waals surface area (Å²) < 4.78 is 11.2. The van der Waals surface area contributed by atoms with Gasteiger partial charge >= 0.3 is 0 Å². The molecule has 3 aromatic rings. The number of oxazole rings is 1. The average Bonchev–Trinajstić information content (AvgIpc) is 2.83. The Kier molecular flexibility index (Phi) is 3.06. The highest BCUT2D eigenvalue weighted by atomic mass is 16.5. The fourth-order valence-corrected chi connectivity index (χ4v) is 1.89. The number of hydrogen-bond donors (Lipinski definition) is 1. The molecular formula is C15H14N2O2. The molecule has 3 rings (SSSR count). The second kappa shape index (κ2) is 5.02. The summed E-state index contributed by atoms with van der Waals surface area (Å²) in [7, 11) is 0. The SMILES string of the molecule is Nc1ccccc1OCCc1nc2ccccc2o1. The zero-order valence-corrected chi connectivity index (χ0v) is 10.4. The number of para-hydroxylation sites is 4. The first kappa shape index (κ1) is 11.6. The molecule has 0 bridgehead atoms. The van der Waals surface area contributed by atoms with Gasteiger partial charge in [-0.25, -0.2) is 4.98 Å². The lowest BCUT2D eigenvalue weighted by Gasteiger charge is -2.06. The van der Waals surface area contributed by atoms with E-state index in [1.807, 2.05) is 48.5 Å². The summed E-state index contributed by atoms with van der Waals surface area (Å²) in [5, 5.41) is 0. The molecule has 0 aliphatic rings. The van der Waals surface area contributed by atoms with Gasteiger partial charge in [0, 0.05) is 0 Å². The number of nitrogens with two attached hydrogens (primary N) is 1. The van der Waals surface area contributed by atoms with E-state index in [4.69, 9.17) is 14.9 Å². The van der Waals surface area contributed by atoms with Gasteiger partial charge in [-0.15, -0.1) is 0 Å². The largest absolute Gasteiger partial charge is 0.491 e. The number of nitrogens with zero attached hydrogens (tertiary/aromatic N) is 1. The van der Waals surface area contributed by atoms with Crippen LogP contribution in [-0.2, 0) is 6.42 Å². The van der Waals surface area contributed by atoms with E-state index in [-0.39, 0.29) is 0 Å².